The van der Waals surface area contributed by atoms with Gasteiger partial charge in [0.25, 0.3) is 0 Å². The summed E-state index contributed by atoms with van der Waals surface area (Å²) < 4.78 is 10.5. The highest BCUT2D eigenvalue weighted by Crippen LogP contribution is 2.24. The van der Waals surface area contributed by atoms with Crippen molar-refractivity contribution in [2.24, 2.45) is 0 Å². The number of carboxylic acids is 1. The molecule has 8 heteroatoms. The van der Waals surface area contributed by atoms with Crippen molar-refractivity contribution in [2.45, 2.75) is 24.1 Å². The van der Waals surface area contributed by atoms with Crippen LogP contribution in [0.2, 0.25) is 0 Å². The lowest BCUT2D eigenvalue weighted by Gasteiger charge is -2.19. The van der Waals surface area contributed by atoms with Gasteiger partial charge in [-0.3, -0.25) is 0 Å². The molecule has 7 nitrogen and oxygen atoms in total. The monoisotopic (exact) mass is 399 g/mol. The molecule has 0 radical (unpaired) electrons. The van der Waals surface area contributed by atoms with Crippen molar-refractivity contribution in [1.82, 2.24) is 9.97 Å². The maximum Gasteiger partial charge on any atom is 0.371 e. The van der Waals surface area contributed by atoms with E-state index in [9.17, 15) is 4.79 Å². The van der Waals surface area contributed by atoms with Crippen LogP contribution in [-0.4, -0.2) is 35.2 Å². The zero-order valence-electron chi connectivity index (χ0n) is 15.7. The lowest BCUT2D eigenvalue weighted by Crippen LogP contribution is -2.18. The predicted octanol–water partition coefficient (Wildman–Crippen LogP) is 3.84. The van der Waals surface area contributed by atoms with E-state index in [-0.39, 0.29) is 5.76 Å². The molecule has 1 N–H and O–H groups in total. The van der Waals surface area contributed by atoms with Crippen LogP contribution in [0.5, 0.6) is 0 Å². The number of thioether (sulfide) groups is 1. The Morgan fingerprint density at radius 3 is 2.68 bits per heavy atom. The van der Waals surface area contributed by atoms with Crippen molar-refractivity contribution < 1.29 is 19.1 Å². The van der Waals surface area contributed by atoms with Gasteiger partial charge >= 0.3 is 5.97 Å². The summed E-state index contributed by atoms with van der Waals surface area (Å²) in [6.07, 6.45) is 0. The van der Waals surface area contributed by atoms with E-state index in [1.54, 1.807) is 13.2 Å². The Kier molecular flexibility index (Phi) is 6.67. The van der Waals surface area contributed by atoms with Gasteiger partial charge in [-0.1, -0.05) is 42.1 Å². The third-order valence-electron chi connectivity index (χ3n) is 3.91. The Morgan fingerprint density at radius 2 is 2.00 bits per heavy atom. The largest absolute Gasteiger partial charge is 0.475 e. The zero-order valence-corrected chi connectivity index (χ0v) is 16.5. The Morgan fingerprint density at radius 1 is 1.21 bits per heavy atom. The Labute approximate surface area is 167 Å². The van der Waals surface area contributed by atoms with Crippen LogP contribution in [0, 0.1) is 0 Å². The molecule has 0 aliphatic heterocycles. The van der Waals surface area contributed by atoms with E-state index in [4.69, 9.17) is 14.3 Å². The molecule has 1 aromatic carbocycles. The third-order valence-corrected chi connectivity index (χ3v) is 4.78. The van der Waals surface area contributed by atoms with Crippen LogP contribution in [0.15, 0.2) is 58.1 Å². The molecule has 0 unspecified atom stereocenters. The molecule has 0 aliphatic carbocycles. The second-order valence-corrected chi connectivity index (χ2v) is 7.08. The summed E-state index contributed by atoms with van der Waals surface area (Å²) in [5.74, 6) is 0.625. The molecule has 0 atom stereocenters. The average Bonchev–Trinajstić information content (AvgIpc) is 3.17. The van der Waals surface area contributed by atoms with Crippen LogP contribution in [-0.2, 0) is 23.6 Å². The molecule has 2 heterocycles. The molecule has 28 heavy (non-hydrogen) atoms. The van der Waals surface area contributed by atoms with Crippen LogP contribution in [0.25, 0.3) is 0 Å². The van der Waals surface area contributed by atoms with Crippen molar-refractivity contribution in [1.29, 1.82) is 0 Å². The number of nitrogens with zero attached hydrogens (tertiary/aromatic N) is 3. The fraction of sp³-hybridized carbons (Fsp3) is 0.250. The number of carbonyl (C=O) groups is 1. The van der Waals surface area contributed by atoms with E-state index in [0.29, 0.717) is 29.8 Å². The molecule has 0 amide bonds. The maximum atomic E-state index is 10.9. The normalized spacial score (nSPS) is 10.8. The summed E-state index contributed by atoms with van der Waals surface area (Å²) in [5, 5.41) is 9.53. The molecule has 146 valence electrons. The van der Waals surface area contributed by atoms with Crippen LogP contribution >= 0.6 is 11.8 Å². The highest BCUT2D eigenvalue weighted by atomic mass is 32.2. The minimum atomic E-state index is -1.08. The standard InChI is InChI=1S/C20H21N3O4S/c1-23(11-14-6-4-3-5-7-14)18-10-15(12-26-2)21-20(22-18)28-13-16-8-9-17(27-16)19(24)25/h3-10H,11-13H2,1-2H3,(H,24,25). The summed E-state index contributed by atoms with van der Waals surface area (Å²) >= 11 is 1.39. The molecule has 3 aromatic rings. The lowest BCUT2D eigenvalue weighted by molar-refractivity contribution is 0.0661. The first kappa shape index (κ1) is 19.9. The number of aromatic nitrogens is 2. The van der Waals surface area contributed by atoms with Crippen molar-refractivity contribution in [3.05, 3.63) is 71.3 Å². The summed E-state index contributed by atoms with van der Waals surface area (Å²) in [7, 11) is 3.60. The average molecular weight is 399 g/mol. The fourth-order valence-corrected chi connectivity index (χ4v) is 3.35. The van der Waals surface area contributed by atoms with E-state index < -0.39 is 5.97 Å². The molecule has 0 aliphatic rings. The summed E-state index contributed by atoms with van der Waals surface area (Å²) in [5.41, 5.74) is 1.96. The van der Waals surface area contributed by atoms with E-state index in [1.807, 2.05) is 31.3 Å². The second-order valence-electron chi connectivity index (χ2n) is 6.13. The molecule has 0 saturated carbocycles. The SMILES string of the molecule is COCc1cc(N(C)Cc2ccccc2)nc(SCc2ccc(C(=O)O)o2)n1. The first-order valence-electron chi connectivity index (χ1n) is 8.62. The van der Waals surface area contributed by atoms with Crippen LogP contribution < -0.4 is 4.90 Å². The molecule has 0 spiro atoms. The van der Waals surface area contributed by atoms with Gasteiger partial charge in [-0.05, 0) is 17.7 Å². The number of ether oxygens (including phenoxy) is 1. The van der Waals surface area contributed by atoms with Gasteiger partial charge in [0.2, 0.25) is 5.76 Å². The number of benzene rings is 1. The van der Waals surface area contributed by atoms with Gasteiger partial charge in [-0.15, -0.1) is 0 Å². The molecule has 0 fully saturated rings. The van der Waals surface area contributed by atoms with Crippen molar-refractivity contribution in [3.8, 4) is 0 Å². The van der Waals surface area contributed by atoms with Crippen LogP contribution in [0.3, 0.4) is 0 Å². The Hall–Kier alpha value is -2.84. The Bertz CT molecular complexity index is 930. The van der Waals surface area contributed by atoms with Gasteiger partial charge in [-0.25, -0.2) is 14.8 Å². The van der Waals surface area contributed by atoms with Gasteiger partial charge in [0.15, 0.2) is 5.16 Å². The summed E-state index contributed by atoms with van der Waals surface area (Å²) in [6.45, 7) is 1.10. The quantitative estimate of drug-likeness (QED) is 0.429. The van der Waals surface area contributed by atoms with Gasteiger partial charge < -0.3 is 19.2 Å². The molecular weight excluding hydrogens is 378 g/mol. The number of rotatable bonds is 9. The molecule has 2 aromatic heterocycles. The first-order chi connectivity index (χ1) is 13.5. The van der Waals surface area contributed by atoms with Crippen molar-refractivity contribution in [3.63, 3.8) is 0 Å². The Balaban J connectivity index is 1.75. The number of hydrogen-bond acceptors (Lipinski definition) is 7. The van der Waals surface area contributed by atoms with E-state index >= 15 is 0 Å². The van der Waals surface area contributed by atoms with E-state index in [2.05, 4.69) is 27.0 Å². The fourth-order valence-electron chi connectivity index (χ4n) is 2.59. The smallest absolute Gasteiger partial charge is 0.371 e. The van der Waals surface area contributed by atoms with E-state index in [1.165, 1.54) is 23.4 Å². The minimum Gasteiger partial charge on any atom is -0.475 e. The van der Waals surface area contributed by atoms with Gasteiger partial charge in [-0.2, -0.15) is 0 Å². The second kappa shape index (κ2) is 9.38. The molecule has 3 rings (SSSR count). The van der Waals surface area contributed by atoms with Crippen LogP contribution in [0.4, 0.5) is 5.82 Å². The number of methoxy groups -OCH3 is 1. The summed E-state index contributed by atoms with van der Waals surface area (Å²) in [4.78, 5) is 22.1. The van der Waals surface area contributed by atoms with E-state index in [0.717, 1.165) is 11.5 Å². The van der Waals surface area contributed by atoms with Gasteiger partial charge in [0.05, 0.1) is 18.1 Å². The maximum absolute atomic E-state index is 10.9. The number of hydrogen-bond donors (Lipinski definition) is 1. The molecule has 0 bridgehead atoms. The van der Waals surface area contributed by atoms with Gasteiger partial charge in [0.1, 0.15) is 11.6 Å². The van der Waals surface area contributed by atoms with Crippen molar-refractivity contribution >= 4 is 23.5 Å². The molecule has 0 saturated heterocycles. The lowest BCUT2D eigenvalue weighted by atomic mass is 10.2. The first-order valence-corrected chi connectivity index (χ1v) is 9.60. The number of anilines is 1. The van der Waals surface area contributed by atoms with Crippen LogP contribution in [0.1, 0.15) is 27.6 Å². The number of furan rings is 1. The van der Waals surface area contributed by atoms with Gasteiger partial charge in [0, 0.05) is 26.8 Å². The topological polar surface area (TPSA) is 88.7 Å². The third kappa shape index (κ3) is 5.34. The highest BCUT2D eigenvalue weighted by Gasteiger charge is 2.13. The molecular formula is C20H21N3O4S. The summed E-state index contributed by atoms with van der Waals surface area (Å²) in [6, 6.07) is 15.2. The number of carboxylic acid groups (broad SMARTS) is 1. The predicted molar refractivity (Wildman–Crippen MR) is 107 cm³/mol. The number of aromatic carboxylic acids is 1. The zero-order chi connectivity index (χ0) is 19.9. The van der Waals surface area contributed by atoms with Crippen molar-refractivity contribution in [2.75, 3.05) is 19.1 Å². The highest BCUT2D eigenvalue weighted by molar-refractivity contribution is 7.98. The minimum absolute atomic E-state index is 0.0760.